The van der Waals surface area contributed by atoms with Crippen LogP contribution in [0.1, 0.15) is 18.9 Å². The fourth-order valence-corrected chi connectivity index (χ4v) is 3.60. The molecule has 132 valence electrons. The largest absolute Gasteiger partial charge is 0.359 e. The highest BCUT2D eigenvalue weighted by Crippen LogP contribution is 2.30. The maximum absolute atomic E-state index is 12.4. The van der Waals surface area contributed by atoms with E-state index in [4.69, 9.17) is 5.14 Å². The molecule has 2 aromatic carbocycles. The number of nitrogens with two attached hydrogens (primary N) is 1. The summed E-state index contributed by atoms with van der Waals surface area (Å²) in [6.07, 6.45) is 2.03. The third-order valence-corrected chi connectivity index (χ3v) is 5.37. The quantitative estimate of drug-likeness (QED) is 0.874. The molecule has 0 saturated heterocycles. The summed E-state index contributed by atoms with van der Waals surface area (Å²) in [6.45, 7) is 2.36. The van der Waals surface area contributed by atoms with Crippen LogP contribution >= 0.6 is 0 Å². The first-order valence-corrected chi connectivity index (χ1v) is 9.66. The van der Waals surface area contributed by atoms with E-state index in [0.717, 1.165) is 18.5 Å². The molecule has 0 aromatic heterocycles. The van der Waals surface area contributed by atoms with Gasteiger partial charge in [-0.15, -0.1) is 0 Å². The molecule has 0 fully saturated rings. The first-order valence-electron chi connectivity index (χ1n) is 8.12. The van der Waals surface area contributed by atoms with Crippen LogP contribution in [0.3, 0.4) is 0 Å². The summed E-state index contributed by atoms with van der Waals surface area (Å²) in [6, 6.07) is 14.2. The van der Waals surface area contributed by atoms with Crippen LogP contribution in [-0.2, 0) is 21.2 Å². The molecule has 0 radical (unpaired) electrons. The number of aryl methyl sites for hydroxylation is 1. The second-order valence-electron chi connectivity index (χ2n) is 6.26. The summed E-state index contributed by atoms with van der Waals surface area (Å²) in [7, 11) is -3.73. The van der Waals surface area contributed by atoms with Crippen molar-refractivity contribution >= 4 is 27.3 Å². The van der Waals surface area contributed by atoms with Crippen LogP contribution in [0.15, 0.2) is 53.4 Å². The summed E-state index contributed by atoms with van der Waals surface area (Å²) >= 11 is 0. The zero-order valence-electron chi connectivity index (χ0n) is 14.0. The number of sulfonamides is 1. The third kappa shape index (κ3) is 4.00. The van der Waals surface area contributed by atoms with Gasteiger partial charge in [0, 0.05) is 17.4 Å². The fraction of sp³-hybridized carbons (Fsp3) is 0.278. The number of fused-ring (bicyclic) bond motifs is 1. The molecule has 0 aliphatic carbocycles. The highest BCUT2D eigenvalue weighted by Gasteiger charge is 2.24. The lowest BCUT2D eigenvalue weighted by atomic mass is 9.96. The van der Waals surface area contributed by atoms with E-state index < -0.39 is 10.0 Å². The summed E-state index contributed by atoms with van der Waals surface area (Å²) in [5.41, 5.74) is 2.89. The lowest BCUT2D eigenvalue weighted by molar-refractivity contribution is -0.115. The Hall–Kier alpha value is -2.38. The zero-order chi connectivity index (χ0) is 18.0. The number of rotatable bonds is 4. The van der Waals surface area contributed by atoms with Gasteiger partial charge in [0.25, 0.3) is 0 Å². The Balaban J connectivity index is 1.71. The van der Waals surface area contributed by atoms with Crippen molar-refractivity contribution in [1.82, 2.24) is 0 Å². The number of hydrogen-bond donors (Lipinski definition) is 2. The van der Waals surface area contributed by atoms with Gasteiger partial charge >= 0.3 is 0 Å². The van der Waals surface area contributed by atoms with Crippen molar-refractivity contribution in [2.24, 2.45) is 5.14 Å². The van der Waals surface area contributed by atoms with Crippen molar-refractivity contribution in [3.05, 3.63) is 54.1 Å². The molecular formula is C18H21N3O3S. The number of nitrogens with one attached hydrogen (secondary N) is 1. The second-order valence-corrected chi connectivity index (χ2v) is 7.82. The van der Waals surface area contributed by atoms with Crippen LogP contribution in [0, 0.1) is 0 Å². The first kappa shape index (κ1) is 17.4. The normalized spacial score (nSPS) is 17.0. The van der Waals surface area contributed by atoms with Gasteiger partial charge in [-0.25, -0.2) is 13.6 Å². The Morgan fingerprint density at radius 3 is 2.56 bits per heavy atom. The number of anilines is 2. The lowest BCUT2D eigenvalue weighted by Crippen LogP contribution is -2.42. The SMILES string of the molecule is C[C@@H]1CCc2ccccc2N1CC(=O)Nc1ccc(S(N)(=O)=O)cc1. The lowest BCUT2D eigenvalue weighted by Gasteiger charge is -2.36. The van der Waals surface area contributed by atoms with Crippen molar-refractivity contribution < 1.29 is 13.2 Å². The van der Waals surface area contributed by atoms with E-state index in [9.17, 15) is 13.2 Å². The number of hydrogen-bond acceptors (Lipinski definition) is 4. The van der Waals surface area contributed by atoms with Gasteiger partial charge in [0.1, 0.15) is 0 Å². The van der Waals surface area contributed by atoms with Crippen LogP contribution < -0.4 is 15.4 Å². The number of carbonyl (C=O) groups excluding carboxylic acids is 1. The number of benzene rings is 2. The Labute approximate surface area is 147 Å². The average Bonchev–Trinajstić information content (AvgIpc) is 2.57. The molecule has 0 unspecified atom stereocenters. The topological polar surface area (TPSA) is 92.5 Å². The molecule has 1 aliphatic rings. The van der Waals surface area contributed by atoms with Crippen LogP contribution in [0.2, 0.25) is 0 Å². The molecular weight excluding hydrogens is 338 g/mol. The van der Waals surface area contributed by atoms with E-state index in [1.54, 1.807) is 0 Å². The number of para-hydroxylation sites is 1. The molecule has 1 aliphatic heterocycles. The molecule has 1 atom stereocenters. The van der Waals surface area contributed by atoms with Crippen molar-refractivity contribution in [3.63, 3.8) is 0 Å². The predicted molar refractivity (Wildman–Crippen MR) is 98.0 cm³/mol. The Bertz CT molecular complexity index is 879. The maximum atomic E-state index is 12.4. The minimum absolute atomic E-state index is 0.0177. The molecule has 0 spiro atoms. The van der Waals surface area contributed by atoms with Crippen LogP contribution in [0.5, 0.6) is 0 Å². The molecule has 25 heavy (non-hydrogen) atoms. The third-order valence-electron chi connectivity index (χ3n) is 4.45. The van der Waals surface area contributed by atoms with Crippen LogP contribution in [-0.4, -0.2) is 26.9 Å². The van der Waals surface area contributed by atoms with Gasteiger partial charge in [-0.3, -0.25) is 4.79 Å². The summed E-state index contributed by atoms with van der Waals surface area (Å²) in [5.74, 6) is -0.146. The van der Waals surface area contributed by atoms with E-state index in [1.165, 1.54) is 29.8 Å². The summed E-state index contributed by atoms with van der Waals surface area (Å²) in [4.78, 5) is 14.5. The van der Waals surface area contributed by atoms with Crippen LogP contribution in [0.25, 0.3) is 0 Å². The van der Waals surface area contributed by atoms with Crippen molar-refractivity contribution in [3.8, 4) is 0 Å². The molecule has 1 heterocycles. The van der Waals surface area contributed by atoms with Crippen molar-refractivity contribution in [1.29, 1.82) is 0 Å². The van der Waals surface area contributed by atoms with E-state index in [-0.39, 0.29) is 23.4 Å². The molecule has 3 rings (SSSR count). The van der Waals surface area contributed by atoms with Gasteiger partial charge in [-0.1, -0.05) is 18.2 Å². The van der Waals surface area contributed by atoms with Gasteiger partial charge in [0.15, 0.2) is 0 Å². The highest BCUT2D eigenvalue weighted by molar-refractivity contribution is 7.89. The van der Waals surface area contributed by atoms with Gasteiger partial charge < -0.3 is 10.2 Å². The standard InChI is InChI=1S/C18H21N3O3S/c1-13-6-7-14-4-2-3-5-17(14)21(13)12-18(22)20-15-8-10-16(11-9-15)25(19,23)24/h2-5,8-11,13H,6-7,12H2,1H3,(H,20,22)(H2,19,23,24)/t13-/m1/s1. The number of primary sulfonamides is 1. The van der Waals surface area contributed by atoms with Gasteiger partial charge in [0.2, 0.25) is 15.9 Å². The molecule has 2 aromatic rings. The highest BCUT2D eigenvalue weighted by atomic mass is 32.2. The average molecular weight is 359 g/mol. The van der Waals surface area contributed by atoms with E-state index in [1.807, 2.05) is 18.2 Å². The summed E-state index contributed by atoms with van der Waals surface area (Å²) in [5, 5.41) is 7.87. The molecule has 1 amide bonds. The van der Waals surface area contributed by atoms with Gasteiger partial charge in [-0.2, -0.15) is 0 Å². The van der Waals surface area contributed by atoms with Gasteiger partial charge in [0.05, 0.1) is 11.4 Å². The first-order chi connectivity index (χ1) is 11.8. The smallest absolute Gasteiger partial charge is 0.243 e. The number of nitrogens with zero attached hydrogens (tertiary/aromatic N) is 1. The van der Waals surface area contributed by atoms with Crippen molar-refractivity contribution in [2.45, 2.75) is 30.7 Å². The molecule has 0 saturated carbocycles. The van der Waals surface area contributed by atoms with Crippen LogP contribution in [0.4, 0.5) is 11.4 Å². The number of carbonyl (C=O) groups is 1. The molecule has 7 heteroatoms. The number of amides is 1. The van der Waals surface area contributed by atoms with E-state index >= 15 is 0 Å². The minimum Gasteiger partial charge on any atom is -0.359 e. The van der Waals surface area contributed by atoms with E-state index in [2.05, 4.69) is 23.2 Å². The monoisotopic (exact) mass is 359 g/mol. The zero-order valence-corrected chi connectivity index (χ0v) is 14.8. The summed E-state index contributed by atoms with van der Waals surface area (Å²) < 4.78 is 22.5. The molecule has 6 nitrogen and oxygen atoms in total. The van der Waals surface area contributed by atoms with E-state index in [0.29, 0.717) is 5.69 Å². The van der Waals surface area contributed by atoms with Gasteiger partial charge in [-0.05, 0) is 55.7 Å². The Morgan fingerprint density at radius 2 is 1.88 bits per heavy atom. The molecule has 3 N–H and O–H groups in total. The second kappa shape index (κ2) is 6.85. The maximum Gasteiger partial charge on any atom is 0.243 e. The Morgan fingerprint density at radius 1 is 1.20 bits per heavy atom. The predicted octanol–water partition coefficient (Wildman–Crippen LogP) is 2.11. The molecule has 0 bridgehead atoms. The fourth-order valence-electron chi connectivity index (χ4n) is 3.08. The Kier molecular flexibility index (Phi) is 4.78. The minimum atomic E-state index is -3.73. The van der Waals surface area contributed by atoms with Crippen molar-refractivity contribution in [2.75, 3.05) is 16.8 Å².